The van der Waals surface area contributed by atoms with Gasteiger partial charge in [-0.1, -0.05) is 27.2 Å². The second-order valence-corrected chi connectivity index (χ2v) is 7.79. The molecule has 0 saturated carbocycles. The van der Waals surface area contributed by atoms with E-state index in [1.807, 2.05) is 32.2 Å². The second kappa shape index (κ2) is 8.29. The van der Waals surface area contributed by atoms with Crippen LogP contribution in [0.5, 0.6) is 5.88 Å². The molecule has 4 nitrogen and oxygen atoms in total. The summed E-state index contributed by atoms with van der Waals surface area (Å²) in [7, 11) is 1.64. The molecular weight excluding hydrogens is 353 g/mol. The molecule has 0 bridgehead atoms. The van der Waals surface area contributed by atoms with Crippen molar-refractivity contribution >= 4 is 11.0 Å². The molecule has 0 N–H and O–H groups in total. The van der Waals surface area contributed by atoms with Crippen LogP contribution in [0, 0.1) is 13.8 Å². The van der Waals surface area contributed by atoms with Gasteiger partial charge in [-0.15, -0.1) is 0 Å². The van der Waals surface area contributed by atoms with Crippen LogP contribution in [0.25, 0.3) is 22.3 Å². The number of fused-ring (bicyclic) bond motifs is 1. The molecule has 0 aromatic carbocycles. The summed E-state index contributed by atoms with van der Waals surface area (Å²) in [5.41, 5.74) is 6.71. The molecule has 0 spiro atoms. The minimum Gasteiger partial charge on any atom is -0.480 e. The van der Waals surface area contributed by atoms with E-state index in [1.54, 1.807) is 7.11 Å². The van der Waals surface area contributed by atoms with E-state index in [4.69, 9.17) is 9.72 Å². The highest BCUT2D eigenvalue weighted by molar-refractivity contribution is 5.85. The van der Waals surface area contributed by atoms with Gasteiger partial charge in [0.1, 0.15) is 6.67 Å². The summed E-state index contributed by atoms with van der Waals surface area (Å²) < 4.78 is 21.3. The van der Waals surface area contributed by atoms with Gasteiger partial charge in [-0.3, -0.25) is 0 Å². The second-order valence-electron chi connectivity index (χ2n) is 7.79. The lowest BCUT2D eigenvalue weighted by atomic mass is 10.0. The number of aromatic nitrogens is 3. The van der Waals surface area contributed by atoms with Gasteiger partial charge in [0.15, 0.2) is 0 Å². The maximum absolute atomic E-state index is 13.6. The van der Waals surface area contributed by atoms with Crippen LogP contribution in [0.2, 0.25) is 0 Å². The smallest absolute Gasteiger partial charge is 0.222 e. The van der Waals surface area contributed by atoms with Crippen molar-refractivity contribution in [1.29, 1.82) is 0 Å². The van der Waals surface area contributed by atoms with E-state index in [0.717, 1.165) is 52.0 Å². The lowest BCUT2D eigenvalue weighted by molar-refractivity contribution is 0.344. The van der Waals surface area contributed by atoms with Gasteiger partial charge in [0.25, 0.3) is 0 Å². The zero-order valence-corrected chi connectivity index (χ0v) is 17.7. The number of hydrogen-bond acceptors (Lipinski definition) is 3. The molecule has 0 radical (unpaired) electrons. The van der Waals surface area contributed by atoms with E-state index in [2.05, 4.69) is 36.4 Å². The van der Waals surface area contributed by atoms with Gasteiger partial charge in [-0.25, -0.2) is 14.4 Å². The number of rotatable bonds is 7. The fraction of sp³-hybridized carbons (Fsp3) is 0.478. The lowest BCUT2D eigenvalue weighted by Gasteiger charge is -2.17. The van der Waals surface area contributed by atoms with Gasteiger partial charge in [0.05, 0.1) is 35.4 Å². The van der Waals surface area contributed by atoms with Crippen molar-refractivity contribution in [2.75, 3.05) is 13.8 Å². The van der Waals surface area contributed by atoms with Crippen LogP contribution in [0.1, 0.15) is 62.4 Å². The number of ether oxygens (including phenoxy) is 1. The number of hydrogen-bond donors (Lipinski definition) is 0. The fourth-order valence-electron chi connectivity index (χ4n) is 3.74. The number of methoxy groups -OCH3 is 1. The summed E-state index contributed by atoms with van der Waals surface area (Å²) in [6, 6.07) is 6.04. The van der Waals surface area contributed by atoms with Gasteiger partial charge in [-0.05, 0) is 55.5 Å². The molecule has 3 aromatic rings. The van der Waals surface area contributed by atoms with Crippen LogP contribution in [0.4, 0.5) is 4.39 Å². The van der Waals surface area contributed by atoms with Crippen LogP contribution in [-0.4, -0.2) is 28.3 Å². The van der Waals surface area contributed by atoms with Gasteiger partial charge in [0.2, 0.25) is 5.88 Å². The Morgan fingerprint density at radius 2 is 1.89 bits per heavy atom. The van der Waals surface area contributed by atoms with Crippen molar-refractivity contribution in [1.82, 2.24) is 14.5 Å². The minimum absolute atomic E-state index is 0.144. The molecule has 5 heteroatoms. The van der Waals surface area contributed by atoms with E-state index >= 15 is 0 Å². The molecular formula is C23H30FN3O. The minimum atomic E-state index is -0.369. The summed E-state index contributed by atoms with van der Waals surface area (Å²) in [4.78, 5) is 9.63. The molecule has 0 saturated heterocycles. The van der Waals surface area contributed by atoms with Gasteiger partial charge in [-0.2, -0.15) is 0 Å². The normalized spacial score (nSPS) is 12.7. The summed E-state index contributed by atoms with van der Waals surface area (Å²) >= 11 is 0. The maximum Gasteiger partial charge on any atom is 0.222 e. The first-order chi connectivity index (χ1) is 13.4. The third-order valence-electron chi connectivity index (χ3n) is 5.29. The van der Waals surface area contributed by atoms with Crippen molar-refractivity contribution in [3.63, 3.8) is 0 Å². The first-order valence-electron chi connectivity index (χ1n) is 10.0. The Bertz CT molecular complexity index is 978. The Morgan fingerprint density at radius 3 is 2.50 bits per heavy atom. The molecule has 3 heterocycles. The van der Waals surface area contributed by atoms with Crippen molar-refractivity contribution in [2.24, 2.45) is 0 Å². The van der Waals surface area contributed by atoms with E-state index in [-0.39, 0.29) is 12.7 Å². The third-order valence-corrected chi connectivity index (χ3v) is 5.29. The van der Waals surface area contributed by atoms with E-state index in [9.17, 15) is 4.39 Å². The van der Waals surface area contributed by atoms with Crippen molar-refractivity contribution in [3.8, 4) is 17.1 Å². The number of nitrogens with zero attached hydrogens (tertiary/aromatic N) is 3. The monoisotopic (exact) mass is 383 g/mol. The molecule has 3 aromatic heterocycles. The molecule has 0 aliphatic heterocycles. The van der Waals surface area contributed by atoms with Crippen molar-refractivity contribution in [2.45, 2.75) is 59.4 Å². The number of halogens is 1. The average molecular weight is 384 g/mol. The van der Waals surface area contributed by atoms with Gasteiger partial charge in [0, 0.05) is 11.9 Å². The van der Waals surface area contributed by atoms with Crippen molar-refractivity contribution in [3.05, 3.63) is 41.2 Å². The first-order valence-corrected chi connectivity index (χ1v) is 10.0. The Hall–Kier alpha value is -2.43. The summed E-state index contributed by atoms with van der Waals surface area (Å²) in [5, 5.41) is 0. The maximum atomic E-state index is 13.6. The molecule has 28 heavy (non-hydrogen) atoms. The zero-order valence-electron chi connectivity index (χ0n) is 17.7. The predicted molar refractivity (Wildman–Crippen MR) is 113 cm³/mol. The molecule has 0 aliphatic carbocycles. The van der Waals surface area contributed by atoms with Crippen LogP contribution in [-0.2, 0) is 0 Å². The van der Waals surface area contributed by atoms with E-state index < -0.39 is 0 Å². The van der Waals surface area contributed by atoms with Crippen LogP contribution in [0.3, 0.4) is 0 Å². The summed E-state index contributed by atoms with van der Waals surface area (Å²) in [6.45, 7) is 10.0. The molecule has 0 fully saturated rings. The first kappa shape index (κ1) is 20.3. The molecule has 0 aliphatic rings. The molecule has 3 rings (SSSR count). The van der Waals surface area contributed by atoms with Crippen LogP contribution in [0.15, 0.2) is 24.4 Å². The predicted octanol–water partition coefficient (Wildman–Crippen LogP) is 6.16. The summed E-state index contributed by atoms with van der Waals surface area (Å²) in [5.74, 6) is 0.915. The fourth-order valence-corrected chi connectivity index (χ4v) is 3.74. The van der Waals surface area contributed by atoms with Gasteiger partial charge < -0.3 is 9.30 Å². The molecule has 1 atom stereocenters. The van der Waals surface area contributed by atoms with Crippen LogP contribution >= 0.6 is 0 Å². The van der Waals surface area contributed by atoms with E-state index in [1.165, 1.54) is 0 Å². The van der Waals surface area contributed by atoms with Gasteiger partial charge >= 0.3 is 0 Å². The SMILES string of the molecule is CCC[C@H](CF)n1cc(C)c2nc(-c3ccc(C(C)C)nc3OC)c(C)cc21. The topological polar surface area (TPSA) is 39.9 Å². The number of alkyl halides is 1. The quantitative estimate of drug-likeness (QED) is 0.491. The Kier molecular flexibility index (Phi) is 6.01. The highest BCUT2D eigenvalue weighted by atomic mass is 19.1. The Labute approximate surface area is 166 Å². The summed E-state index contributed by atoms with van der Waals surface area (Å²) in [6.07, 6.45) is 3.79. The van der Waals surface area contributed by atoms with E-state index in [0.29, 0.717) is 11.8 Å². The van der Waals surface area contributed by atoms with Crippen molar-refractivity contribution < 1.29 is 9.13 Å². The average Bonchev–Trinajstić information content (AvgIpc) is 3.00. The Morgan fingerprint density at radius 1 is 1.14 bits per heavy atom. The highest BCUT2D eigenvalue weighted by Gasteiger charge is 2.19. The highest BCUT2D eigenvalue weighted by Crippen LogP contribution is 2.34. The Balaban J connectivity index is 2.17. The largest absolute Gasteiger partial charge is 0.480 e. The number of aryl methyl sites for hydroxylation is 2. The standard InChI is InChI=1S/C23H30FN3O/c1-7-8-17(12-24)27-13-16(5)22-20(27)11-15(4)21(26-22)18-9-10-19(14(2)3)25-23(18)28-6/h9-11,13-14,17H,7-8,12H2,1-6H3/t17-/m1/s1. The molecule has 0 unspecified atom stereocenters. The number of pyridine rings is 2. The molecule has 150 valence electrons. The zero-order chi connectivity index (χ0) is 20.4. The van der Waals surface area contributed by atoms with Crippen LogP contribution < -0.4 is 4.74 Å². The lowest BCUT2D eigenvalue weighted by Crippen LogP contribution is -2.10. The molecule has 0 amide bonds. The third kappa shape index (κ3) is 3.62.